The monoisotopic (exact) mass is 261 g/mol. The van der Waals surface area contributed by atoms with Crippen LogP contribution in [-0.4, -0.2) is 31.3 Å². The molecule has 0 saturated carbocycles. The summed E-state index contributed by atoms with van der Waals surface area (Å²) in [7, 11) is 1.56. The first-order valence-electron chi connectivity index (χ1n) is 6.07. The van der Waals surface area contributed by atoms with Gasteiger partial charge in [-0.1, -0.05) is 12.1 Å². The summed E-state index contributed by atoms with van der Waals surface area (Å²) in [5.74, 6) is -2.03. The summed E-state index contributed by atoms with van der Waals surface area (Å²) < 4.78 is 4.93. The number of ether oxygens (including phenoxy) is 1. The Hall–Kier alpha value is -2.17. The third-order valence-electron chi connectivity index (χ3n) is 3.19. The van der Waals surface area contributed by atoms with E-state index in [9.17, 15) is 14.4 Å². The van der Waals surface area contributed by atoms with Crippen LogP contribution in [0.5, 0.6) is 0 Å². The lowest BCUT2D eigenvalue weighted by Gasteiger charge is -2.13. The largest absolute Gasteiger partial charge is 0.465 e. The smallest absolute Gasteiger partial charge is 0.323 e. The van der Waals surface area contributed by atoms with Gasteiger partial charge in [0, 0.05) is 18.2 Å². The Morgan fingerprint density at radius 2 is 2.05 bits per heavy atom. The normalized spacial score (nSPS) is 17.3. The molecule has 1 heterocycles. The first kappa shape index (κ1) is 13.3. The van der Waals surface area contributed by atoms with Gasteiger partial charge in [-0.25, -0.2) is 0 Å². The minimum atomic E-state index is -0.959. The average molecular weight is 261 g/mol. The fraction of sp³-hybridized carbons (Fsp3) is 0.357. The Labute approximate surface area is 111 Å². The number of Topliss-reactive ketones (excluding diaryl/α,β-unsaturated/α-hetero) is 1. The molecule has 1 amide bonds. The van der Waals surface area contributed by atoms with Crippen molar-refractivity contribution in [2.45, 2.75) is 19.8 Å². The number of ketones is 1. The lowest BCUT2D eigenvalue weighted by Crippen LogP contribution is -2.29. The molecule has 5 nitrogen and oxygen atoms in total. The molecule has 0 spiro atoms. The van der Waals surface area contributed by atoms with E-state index in [0.717, 1.165) is 0 Å². The van der Waals surface area contributed by atoms with Crippen LogP contribution in [0.1, 0.15) is 35.7 Å². The highest BCUT2D eigenvalue weighted by Crippen LogP contribution is 2.39. The summed E-state index contributed by atoms with van der Waals surface area (Å²) >= 11 is 0. The van der Waals surface area contributed by atoms with Crippen LogP contribution in [-0.2, 0) is 14.3 Å². The van der Waals surface area contributed by atoms with Crippen molar-refractivity contribution in [1.82, 2.24) is 0 Å². The second kappa shape index (κ2) is 4.84. The number of hydrogen-bond donors (Lipinski definition) is 0. The van der Waals surface area contributed by atoms with Gasteiger partial charge < -0.3 is 9.64 Å². The van der Waals surface area contributed by atoms with Crippen molar-refractivity contribution < 1.29 is 19.1 Å². The van der Waals surface area contributed by atoms with Crippen LogP contribution in [0.2, 0.25) is 0 Å². The minimum Gasteiger partial charge on any atom is -0.465 e. The molecule has 2 rings (SSSR count). The van der Waals surface area contributed by atoms with Gasteiger partial charge in [0.1, 0.15) is 0 Å². The first-order chi connectivity index (χ1) is 8.99. The zero-order valence-electron chi connectivity index (χ0n) is 11.1. The summed E-state index contributed by atoms with van der Waals surface area (Å²) in [5.41, 5.74) is 1.50. The maximum absolute atomic E-state index is 12.2. The Balaban J connectivity index is 2.56. The van der Waals surface area contributed by atoms with Crippen molar-refractivity contribution in [2.24, 2.45) is 0 Å². The lowest BCUT2D eigenvalue weighted by molar-refractivity contribution is -0.147. The summed E-state index contributed by atoms with van der Waals surface area (Å²) in [5, 5.41) is 0. The standard InChI is InChI=1S/C14H15NO4/c1-4-19-14(18)11-10-7-5-6-9(8(2)16)12(10)15(3)13(11)17/h5-7,11H,4H2,1-3H3. The number of benzene rings is 1. The second-order valence-corrected chi connectivity index (χ2v) is 4.38. The van der Waals surface area contributed by atoms with E-state index in [1.54, 1.807) is 32.2 Å². The number of likely N-dealkylation sites (N-methyl/N-ethyl adjacent to an activating group) is 1. The second-order valence-electron chi connectivity index (χ2n) is 4.38. The number of carbonyl (C=O) groups is 3. The van der Waals surface area contributed by atoms with Gasteiger partial charge in [0.25, 0.3) is 0 Å². The summed E-state index contributed by atoms with van der Waals surface area (Å²) in [6.45, 7) is 3.34. The van der Waals surface area contributed by atoms with E-state index in [1.165, 1.54) is 11.8 Å². The van der Waals surface area contributed by atoms with Gasteiger partial charge in [-0.2, -0.15) is 0 Å². The van der Waals surface area contributed by atoms with Crippen molar-refractivity contribution in [3.63, 3.8) is 0 Å². The Kier molecular flexibility index (Phi) is 3.38. The van der Waals surface area contributed by atoms with Crippen LogP contribution >= 0.6 is 0 Å². The van der Waals surface area contributed by atoms with Crippen LogP contribution in [0.25, 0.3) is 0 Å². The fourth-order valence-corrected chi connectivity index (χ4v) is 2.34. The molecule has 0 radical (unpaired) electrons. The average Bonchev–Trinajstić information content (AvgIpc) is 2.62. The molecular weight excluding hydrogens is 246 g/mol. The number of fused-ring (bicyclic) bond motifs is 1. The molecule has 0 fully saturated rings. The fourth-order valence-electron chi connectivity index (χ4n) is 2.34. The van der Waals surface area contributed by atoms with Crippen molar-refractivity contribution in [2.75, 3.05) is 18.6 Å². The van der Waals surface area contributed by atoms with E-state index >= 15 is 0 Å². The van der Waals surface area contributed by atoms with Gasteiger partial charge in [-0.15, -0.1) is 0 Å². The number of para-hydroxylation sites is 1. The Morgan fingerprint density at radius 3 is 2.63 bits per heavy atom. The van der Waals surface area contributed by atoms with E-state index in [4.69, 9.17) is 4.74 Å². The van der Waals surface area contributed by atoms with Gasteiger partial charge in [0.15, 0.2) is 11.7 Å². The van der Waals surface area contributed by atoms with Crippen LogP contribution < -0.4 is 4.90 Å². The number of amides is 1. The number of nitrogens with zero attached hydrogens (tertiary/aromatic N) is 1. The minimum absolute atomic E-state index is 0.138. The molecule has 1 unspecified atom stereocenters. The van der Waals surface area contributed by atoms with Crippen molar-refractivity contribution in [3.05, 3.63) is 29.3 Å². The Morgan fingerprint density at radius 1 is 1.37 bits per heavy atom. The molecule has 1 aliphatic heterocycles. The molecule has 5 heteroatoms. The van der Waals surface area contributed by atoms with E-state index in [-0.39, 0.29) is 18.3 Å². The summed E-state index contributed by atoms with van der Waals surface area (Å²) in [6.07, 6.45) is 0. The van der Waals surface area contributed by atoms with Gasteiger partial charge in [-0.05, 0) is 19.9 Å². The molecule has 1 aliphatic rings. The van der Waals surface area contributed by atoms with Gasteiger partial charge in [-0.3, -0.25) is 14.4 Å². The van der Waals surface area contributed by atoms with Crippen molar-refractivity contribution in [1.29, 1.82) is 0 Å². The number of rotatable bonds is 3. The number of hydrogen-bond acceptors (Lipinski definition) is 4. The molecule has 0 saturated heterocycles. The van der Waals surface area contributed by atoms with E-state index < -0.39 is 11.9 Å². The Bertz CT molecular complexity index is 565. The van der Waals surface area contributed by atoms with Crippen LogP contribution in [0.3, 0.4) is 0 Å². The van der Waals surface area contributed by atoms with Crippen LogP contribution in [0, 0.1) is 0 Å². The molecule has 0 N–H and O–H groups in total. The highest BCUT2D eigenvalue weighted by atomic mass is 16.5. The van der Waals surface area contributed by atoms with E-state index in [1.807, 2.05) is 0 Å². The molecule has 19 heavy (non-hydrogen) atoms. The highest BCUT2D eigenvalue weighted by molar-refractivity contribution is 6.19. The van der Waals surface area contributed by atoms with Gasteiger partial charge >= 0.3 is 5.97 Å². The molecule has 0 aliphatic carbocycles. The quantitative estimate of drug-likeness (QED) is 0.470. The SMILES string of the molecule is CCOC(=O)C1C(=O)N(C)c2c(C(C)=O)cccc21. The summed E-state index contributed by atoms with van der Waals surface area (Å²) in [4.78, 5) is 37.0. The zero-order chi connectivity index (χ0) is 14.2. The third-order valence-corrected chi connectivity index (χ3v) is 3.19. The topological polar surface area (TPSA) is 63.7 Å². The van der Waals surface area contributed by atoms with E-state index in [0.29, 0.717) is 16.8 Å². The predicted molar refractivity (Wildman–Crippen MR) is 69.2 cm³/mol. The number of anilines is 1. The molecule has 1 aromatic carbocycles. The first-order valence-corrected chi connectivity index (χ1v) is 6.07. The predicted octanol–water partition coefficient (Wildman–Crippen LogP) is 1.51. The molecular formula is C14H15NO4. The zero-order valence-corrected chi connectivity index (χ0v) is 11.1. The van der Waals surface area contributed by atoms with Gasteiger partial charge in [0.05, 0.1) is 12.3 Å². The molecule has 1 aromatic rings. The van der Waals surface area contributed by atoms with Crippen LogP contribution in [0.4, 0.5) is 5.69 Å². The van der Waals surface area contributed by atoms with Crippen molar-refractivity contribution in [3.8, 4) is 0 Å². The number of carbonyl (C=O) groups excluding carboxylic acids is 3. The third kappa shape index (κ3) is 2.01. The molecule has 1 atom stereocenters. The van der Waals surface area contributed by atoms with E-state index in [2.05, 4.69) is 0 Å². The van der Waals surface area contributed by atoms with Crippen molar-refractivity contribution >= 4 is 23.3 Å². The maximum Gasteiger partial charge on any atom is 0.323 e. The van der Waals surface area contributed by atoms with Gasteiger partial charge in [0.2, 0.25) is 5.91 Å². The lowest BCUT2D eigenvalue weighted by atomic mass is 9.97. The summed E-state index contributed by atoms with van der Waals surface area (Å²) in [6, 6.07) is 5.01. The number of esters is 1. The van der Waals surface area contributed by atoms with Crippen LogP contribution in [0.15, 0.2) is 18.2 Å². The highest BCUT2D eigenvalue weighted by Gasteiger charge is 2.42. The maximum atomic E-state index is 12.2. The molecule has 0 aromatic heterocycles. The molecule has 100 valence electrons. The molecule has 0 bridgehead atoms.